The minimum absolute atomic E-state index is 0.217. The van der Waals surface area contributed by atoms with Crippen molar-refractivity contribution in [1.29, 1.82) is 0 Å². The number of hydrogen-bond donors (Lipinski definition) is 1. The third-order valence-electron chi connectivity index (χ3n) is 4.65. The molecule has 2 rings (SSSR count). The maximum Gasteiger partial charge on any atom is 0.328 e. The molecule has 0 bridgehead atoms. The SMILES string of the molecule is COC(=O)[C@@H](CC(C)C)NC(=O)C(C)(c1ccccc1)c1ccccc1. The first-order valence-corrected chi connectivity index (χ1v) is 8.89. The Morgan fingerprint density at radius 3 is 1.81 bits per heavy atom. The van der Waals surface area contributed by atoms with E-state index in [4.69, 9.17) is 4.74 Å². The third kappa shape index (κ3) is 4.31. The zero-order valence-corrected chi connectivity index (χ0v) is 15.9. The number of carbonyl (C=O) groups excluding carboxylic acids is 2. The van der Waals surface area contributed by atoms with Crippen molar-refractivity contribution in [2.75, 3.05) is 7.11 Å². The van der Waals surface area contributed by atoms with Gasteiger partial charge in [0.1, 0.15) is 6.04 Å². The average molecular weight is 353 g/mol. The lowest BCUT2D eigenvalue weighted by atomic mass is 9.75. The van der Waals surface area contributed by atoms with Gasteiger partial charge in [-0.15, -0.1) is 0 Å². The van der Waals surface area contributed by atoms with Gasteiger partial charge in [0.25, 0.3) is 0 Å². The predicted molar refractivity (Wildman–Crippen MR) is 103 cm³/mol. The Kier molecular flexibility index (Phi) is 6.56. The molecule has 2 aromatic rings. The molecule has 1 atom stereocenters. The summed E-state index contributed by atoms with van der Waals surface area (Å²) in [6.45, 7) is 5.90. The second kappa shape index (κ2) is 8.65. The Labute approximate surface area is 155 Å². The summed E-state index contributed by atoms with van der Waals surface area (Å²) < 4.78 is 4.88. The summed E-state index contributed by atoms with van der Waals surface area (Å²) in [6.07, 6.45) is 0.526. The first-order valence-electron chi connectivity index (χ1n) is 8.89. The molecule has 0 fully saturated rings. The van der Waals surface area contributed by atoms with Gasteiger partial charge >= 0.3 is 5.97 Å². The van der Waals surface area contributed by atoms with Gasteiger partial charge in [-0.25, -0.2) is 4.79 Å². The standard InChI is InChI=1S/C22H27NO3/c1-16(2)15-19(20(24)26-4)23-21(25)22(3,17-11-7-5-8-12-17)18-13-9-6-10-14-18/h5-14,16,19H,15H2,1-4H3,(H,23,25)/t19-/m1/s1. The highest BCUT2D eigenvalue weighted by Crippen LogP contribution is 2.32. The molecule has 0 aliphatic rings. The number of ether oxygens (including phenoxy) is 1. The van der Waals surface area contributed by atoms with Gasteiger partial charge in [0.2, 0.25) is 5.91 Å². The number of rotatable bonds is 7. The van der Waals surface area contributed by atoms with Gasteiger partial charge in [0.15, 0.2) is 0 Å². The fourth-order valence-electron chi connectivity index (χ4n) is 3.10. The van der Waals surface area contributed by atoms with E-state index >= 15 is 0 Å². The van der Waals surface area contributed by atoms with Crippen molar-refractivity contribution in [3.8, 4) is 0 Å². The molecule has 0 aliphatic heterocycles. The molecule has 0 aliphatic carbocycles. The third-order valence-corrected chi connectivity index (χ3v) is 4.65. The van der Waals surface area contributed by atoms with Crippen LogP contribution in [0, 0.1) is 5.92 Å². The predicted octanol–water partition coefficient (Wildman–Crippen LogP) is 3.70. The van der Waals surface area contributed by atoms with Crippen LogP contribution in [-0.4, -0.2) is 25.0 Å². The summed E-state index contributed by atoms with van der Waals surface area (Å²) in [7, 11) is 1.34. The average Bonchev–Trinajstić information content (AvgIpc) is 2.67. The maximum absolute atomic E-state index is 13.4. The zero-order valence-electron chi connectivity index (χ0n) is 15.9. The molecule has 2 aromatic carbocycles. The van der Waals surface area contributed by atoms with Crippen molar-refractivity contribution >= 4 is 11.9 Å². The molecule has 0 unspecified atom stereocenters. The summed E-state index contributed by atoms with van der Waals surface area (Å²) in [4.78, 5) is 25.5. The van der Waals surface area contributed by atoms with Gasteiger partial charge in [-0.1, -0.05) is 74.5 Å². The lowest BCUT2D eigenvalue weighted by Gasteiger charge is -2.31. The van der Waals surface area contributed by atoms with Crippen molar-refractivity contribution in [3.63, 3.8) is 0 Å². The van der Waals surface area contributed by atoms with E-state index in [-0.39, 0.29) is 11.8 Å². The highest BCUT2D eigenvalue weighted by atomic mass is 16.5. The number of hydrogen-bond acceptors (Lipinski definition) is 3. The Bertz CT molecular complexity index is 686. The second-order valence-electron chi connectivity index (χ2n) is 7.04. The summed E-state index contributed by atoms with van der Waals surface area (Å²) in [6, 6.07) is 18.6. The monoisotopic (exact) mass is 353 g/mol. The van der Waals surface area contributed by atoms with Gasteiger partial charge in [-0.3, -0.25) is 4.79 Å². The summed E-state index contributed by atoms with van der Waals surface area (Å²) in [5, 5.41) is 2.92. The number of nitrogens with one attached hydrogen (secondary N) is 1. The summed E-state index contributed by atoms with van der Waals surface area (Å²) >= 11 is 0. The van der Waals surface area contributed by atoms with Gasteiger partial charge in [-0.05, 0) is 30.4 Å². The highest BCUT2D eigenvalue weighted by molar-refractivity contribution is 5.94. The van der Waals surface area contributed by atoms with Gasteiger partial charge in [0, 0.05) is 0 Å². The molecule has 1 N–H and O–H groups in total. The molecule has 138 valence electrons. The largest absolute Gasteiger partial charge is 0.467 e. The molecule has 0 saturated heterocycles. The van der Waals surface area contributed by atoms with E-state index in [9.17, 15) is 9.59 Å². The number of esters is 1. The molecular weight excluding hydrogens is 326 g/mol. The van der Waals surface area contributed by atoms with E-state index in [1.54, 1.807) is 0 Å². The lowest BCUT2D eigenvalue weighted by Crippen LogP contribution is -2.50. The smallest absolute Gasteiger partial charge is 0.328 e. The van der Waals surface area contributed by atoms with Crippen LogP contribution in [0.2, 0.25) is 0 Å². The fraction of sp³-hybridized carbons (Fsp3) is 0.364. The molecule has 4 heteroatoms. The molecular formula is C22H27NO3. The number of amides is 1. The Morgan fingerprint density at radius 1 is 0.962 bits per heavy atom. The topological polar surface area (TPSA) is 55.4 Å². The first-order chi connectivity index (χ1) is 12.4. The normalized spacial score (nSPS) is 12.5. The van der Waals surface area contributed by atoms with Crippen molar-refractivity contribution in [1.82, 2.24) is 5.32 Å². The van der Waals surface area contributed by atoms with E-state index in [1.807, 2.05) is 81.4 Å². The molecule has 0 aromatic heterocycles. The Morgan fingerprint density at radius 2 is 1.42 bits per heavy atom. The van der Waals surface area contributed by atoms with Crippen LogP contribution >= 0.6 is 0 Å². The summed E-state index contributed by atoms with van der Waals surface area (Å²) in [5.74, 6) is -0.388. The molecule has 26 heavy (non-hydrogen) atoms. The lowest BCUT2D eigenvalue weighted by molar-refractivity contribution is -0.146. The van der Waals surface area contributed by atoms with Gasteiger partial charge in [-0.2, -0.15) is 0 Å². The molecule has 1 amide bonds. The molecule has 4 nitrogen and oxygen atoms in total. The quantitative estimate of drug-likeness (QED) is 0.772. The molecule has 0 heterocycles. The van der Waals surface area contributed by atoms with Crippen LogP contribution in [0.5, 0.6) is 0 Å². The van der Waals surface area contributed by atoms with Gasteiger partial charge in [0.05, 0.1) is 12.5 Å². The van der Waals surface area contributed by atoms with E-state index in [1.165, 1.54) is 7.11 Å². The number of carbonyl (C=O) groups is 2. The van der Waals surface area contributed by atoms with Crippen molar-refractivity contribution < 1.29 is 14.3 Å². The van der Waals surface area contributed by atoms with Crippen molar-refractivity contribution in [3.05, 3.63) is 71.8 Å². The Hall–Kier alpha value is -2.62. The second-order valence-corrected chi connectivity index (χ2v) is 7.04. The van der Waals surface area contributed by atoms with Crippen LogP contribution in [0.15, 0.2) is 60.7 Å². The van der Waals surface area contributed by atoms with Crippen molar-refractivity contribution in [2.24, 2.45) is 5.92 Å². The van der Waals surface area contributed by atoms with Crippen molar-refractivity contribution in [2.45, 2.75) is 38.6 Å². The molecule has 0 radical (unpaired) electrons. The van der Waals surface area contributed by atoms with Crippen LogP contribution in [0.4, 0.5) is 0 Å². The van der Waals surface area contributed by atoms with Crippen LogP contribution in [-0.2, 0) is 19.7 Å². The molecule has 0 spiro atoms. The summed E-state index contributed by atoms with van der Waals surface area (Å²) in [5.41, 5.74) is 0.833. The number of benzene rings is 2. The van der Waals surface area contributed by atoms with Crippen LogP contribution in [0.3, 0.4) is 0 Å². The Balaban J connectivity index is 2.42. The van der Waals surface area contributed by atoms with E-state index in [0.717, 1.165) is 11.1 Å². The van der Waals surface area contributed by atoms with Crippen LogP contribution < -0.4 is 5.32 Å². The maximum atomic E-state index is 13.4. The zero-order chi connectivity index (χ0) is 19.2. The van der Waals surface area contributed by atoms with Crippen LogP contribution in [0.25, 0.3) is 0 Å². The first kappa shape index (κ1) is 19.7. The van der Waals surface area contributed by atoms with Gasteiger partial charge < -0.3 is 10.1 Å². The number of methoxy groups -OCH3 is 1. The highest BCUT2D eigenvalue weighted by Gasteiger charge is 2.39. The van der Waals surface area contributed by atoms with E-state index in [2.05, 4.69) is 5.32 Å². The minimum Gasteiger partial charge on any atom is -0.467 e. The van der Waals surface area contributed by atoms with E-state index in [0.29, 0.717) is 6.42 Å². The molecule has 0 saturated carbocycles. The van der Waals surface area contributed by atoms with E-state index < -0.39 is 17.4 Å². The van der Waals surface area contributed by atoms with Crippen LogP contribution in [0.1, 0.15) is 38.3 Å². The fourth-order valence-corrected chi connectivity index (χ4v) is 3.10. The minimum atomic E-state index is -0.911.